The van der Waals surface area contributed by atoms with E-state index < -0.39 is 15.7 Å². The van der Waals surface area contributed by atoms with Crippen molar-refractivity contribution in [3.8, 4) is 0 Å². The number of carbonyl (C=O) groups is 1. The van der Waals surface area contributed by atoms with Crippen molar-refractivity contribution in [1.82, 2.24) is 15.0 Å². The molecule has 0 saturated carbocycles. The number of hydrogen-bond donors (Lipinski definition) is 2. The molecular formula is C27H28N6O3S. The summed E-state index contributed by atoms with van der Waals surface area (Å²) in [5.41, 5.74) is 6.09. The van der Waals surface area contributed by atoms with E-state index in [2.05, 4.69) is 27.2 Å². The van der Waals surface area contributed by atoms with Crippen LogP contribution in [0.3, 0.4) is 0 Å². The van der Waals surface area contributed by atoms with Crippen LogP contribution in [0.4, 0.5) is 17.3 Å². The molecule has 0 spiro atoms. The molecule has 1 unspecified atom stereocenters. The number of pyridine rings is 3. The van der Waals surface area contributed by atoms with E-state index in [9.17, 15) is 13.2 Å². The fourth-order valence-electron chi connectivity index (χ4n) is 5.17. The molecule has 3 N–H and O–H groups in total. The molecule has 4 heterocycles. The van der Waals surface area contributed by atoms with Crippen molar-refractivity contribution < 1.29 is 13.2 Å². The molecule has 1 aromatic carbocycles. The van der Waals surface area contributed by atoms with Crippen molar-refractivity contribution in [2.45, 2.75) is 42.7 Å². The minimum Gasteiger partial charge on any atom is -0.365 e. The number of nitrogens with zero attached hydrogens (tertiary/aromatic N) is 4. The predicted octanol–water partition coefficient (Wildman–Crippen LogP) is 4.32. The van der Waals surface area contributed by atoms with Crippen LogP contribution in [-0.2, 0) is 9.84 Å². The molecule has 0 bridgehead atoms. The lowest BCUT2D eigenvalue weighted by atomic mass is 9.97. The number of rotatable bonds is 6. The number of anilines is 3. The summed E-state index contributed by atoms with van der Waals surface area (Å²) in [5, 5.41) is 4.86. The Balaban J connectivity index is 1.57. The highest BCUT2D eigenvalue weighted by molar-refractivity contribution is 7.91. The molecule has 1 atom stereocenters. The van der Waals surface area contributed by atoms with Crippen LogP contribution in [0.5, 0.6) is 0 Å². The Labute approximate surface area is 215 Å². The molecular weight excluding hydrogens is 488 g/mol. The minimum absolute atomic E-state index is 0.119. The van der Waals surface area contributed by atoms with E-state index in [4.69, 9.17) is 5.73 Å². The summed E-state index contributed by atoms with van der Waals surface area (Å²) in [7, 11) is -4.20. The highest BCUT2D eigenvalue weighted by Gasteiger charge is 2.40. The number of fused-ring (bicyclic) bond motifs is 1. The lowest BCUT2D eigenvalue weighted by molar-refractivity contribution is 0.0997. The summed E-state index contributed by atoms with van der Waals surface area (Å²) in [6.07, 6.45) is 5.73. The van der Waals surface area contributed by atoms with E-state index in [-0.39, 0.29) is 26.8 Å². The second kappa shape index (κ2) is 9.11. The third-order valence-corrected chi connectivity index (χ3v) is 8.40. The van der Waals surface area contributed by atoms with Crippen LogP contribution in [0, 0.1) is 5.92 Å². The van der Waals surface area contributed by atoms with Gasteiger partial charge in [-0.1, -0.05) is 25.1 Å². The second-order valence-corrected chi connectivity index (χ2v) is 11.9. The number of amides is 1. The maximum absolute atomic E-state index is 13.8. The molecule has 1 fully saturated rings. The van der Waals surface area contributed by atoms with Crippen molar-refractivity contribution in [1.29, 1.82) is 0 Å². The van der Waals surface area contributed by atoms with Crippen LogP contribution < -0.4 is 16.0 Å². The quantitative estimate of drug-likeness (QED) is 0.387. The molecule has 1 aliphatic heterocycles. The number of sulfone groups is 1. The van der Waals surface area contributed by atoms with Gasteiger partial charge in [-0.05, 0) is 56.5 Å². The Morgan fingerprint density at radius 3 is 2.62 bits per heavy atom. The Bertz CT molecular complexity index is 1610. The maximum atomic E-state index is 13.8. The summed E-state index contributed by atoms with van der Waals surface area (Å²) in [4.78, 5) is 27.4. The smallest absolute Gasteiger partial charge is 0.253 e. The van der Waals surface area contributed by atoms with Crippen molar-refractivity contribution in [2.75, 3.05) is 16.8 Å². The summed E-state index contributed by atoms with van der Waals surface area (Å²) in [6, 6.07) is 13.6. The molecule has 5 rings (SSSR count). The number of benzene rings is 1. The molecule has 0 radical (unpaired) electrons. The number of aromatic nitrogens is 3. The van der Waals surface area contributed by atoms with E-state index in [0.717, 1.165) is 22.9 Å². The largest absolute Gasteiger partial charge is 0.365 e. The molecule has 10 heteroatoms. The van der Waals surface area contributed by atoms with Crippen LogP contribution in [0.1, 0.15) is 37.6 Å². The van der Waals surface area contributed by atoms with Crippen LogP contribution in [0.2, 0.25) is 0 Å². The van der Waals surface area contributed by atoms with Gasteiger partial charge in [0.2, 0.25) is 9.84 Å². The first-order chi connectivity index (χ1) is 17.6. The second-order valence-electron chi connectivity index (χ2n) is 10.00. The molecule has 3 aromatic heterocycles. The lowest BCUT2D eigenvalue weighted by Crippen LogP contribution is -2.40. The number of carbonyl (C=O) groups excluding carboxylic acids is 1. The van der Waals surface area contributed by atoms with Gasteiger partial charge in [0.1, 0.15) is 17.2 Å². The first kappa shape index (κ1) is 24.6. The molecule has 190 valence electrons. The Morgan fingerprint density at radius 1 is 1.11 bits per heavy atom. The maximum Gasteiger partial charge on any atom is 0.253 e. The number of nitrogens with one attached hydrogen (secondary N) is 1. The van der Waals surface area contributed by atoms with E-state index in [0.29, 0.717) is 18.3 Å². The van der Waals surface area contributed by atoms with Gasteiger partial charge in [0.25, 0.3) is 5.91 Å². The van der Waals surface area contributed by atoms with Crippen molar-refractivity contribution in [2.24, 2.45) is 11.7 Å². The highest BCUT2D eigenvalue weighted by Crippen LogP contribution is 2.39. The average molecular weight is 517 g/mol. The van der Waals surface area contributed by atoms with Crippen LogP contribution in [0.15, 0.2) is 77.0 Å². The fourth-order valence-corrected chi connectivity index (χ4v) is 6.57. The topological polar surface area (TPSA) is 131 Å². The third-order valence-electron chi connectivity index (χ3n) is 6.70. The van der Waals surface area contributed by atoms with Crippen molar-refractivity contribution in [3.05, 3.63) is 72.7 Å². The van der Waals surface area contributed by atoms with Crippen LogP contribution in [0.25, 0.3) is 10.8 Å². The first-order valence-corrected chi connectivity index (χ1v) is 13.4. The van der Waals surface area contributed by atoms with E-state index in [1.165, 1.54) is 18.3 Å². The standard InChI is InChI=1S/C27H28N6O3S/c1-17-14-27(2,3)33(16-17)26-24(25(28)34)21(11-13-30-26)37(35,36)23-9-5-8-22(32-23)31-20-7-4-6-18-15-29-12-10-19(18)20/h4-13,15,17H,14,16H2,1-3H3,(H2,28,34)(H,31,32). The number of hydrogen-bond acceptors (Lipinski definition) is 8. The summed E-state index contributed by atoms with van der Waals surface area (Å²) in [6.45, 7) is 6.84. The average Bonchev–Trinajstić information content (AvgIpc) is 3.15. The van der Waals surface area contributed by atoms with Crippen molar-refractivity contribution in [3.63, 3.8) is 0 Å². The molecule has 1 aliphatic rings. The molecule has 1 saturated heterocycles. The van der Waals surface area contributed by atoms with Gasteiger partial charge in [0.05, 0.1) is 4.90 Å². The molecule has 4 aromatic rings. The van der Waals surface area contributed by atoms with Gasteiger partial charge in [0, 0.05) is 47.1 Å². The first-order valence-electron chi connectivity index (χ1n) is 12.0. The zero-order valence-corrected chi connectivity index (χ0v) is 21.7. The Kier molecular flexibility index (Phi) is 6.07. The normalized spacial score (nSPS) is 17.2. The number of primary amides is 1. The minimum atomic E-state index is -4.20. The molecule has 37 heavy (non-hydrogen) atoms. The van der Waals surface area contributed by atoms with Gasteiger partial charge in [0.15, 0.2) is 5.03 Å². The highest BCUT2D eigenvalue weighted by atomic mass is 32.2. The zero-order valence-electron chi connectivity index (χ0n) is 20.8. The SMILES string of the molecule is CC1CN(c2nccc(S(=O)(=O)c3cccc(Nc4cccc5cnccc45)n3)c2C(N)=O)C(C)(C)C1. The molecule has 0 aliphatic carbocycles. The molecule has 1 amide bonds. The van der Waals surface area contributed by atoms with E-state index in [1.54, 1.807) is 24.5 Å². The summed E-state index contributed by atoms with van der Waals surface area (Å²) in [5.74, 6) is 0.124. The van der Waals surface area contributed by atoms with Crippen LogP contribution >= 0.6 is 0 Å². The Hall–Kier alpha value is -4.05. The van der Waals surface area contributed by atoms with E-state index >= 15 is 0 Å². The predicted molar refractivity (Wildman–Crippen MR) is 143 cm³/mol. The zero-order chi connectivity index (χ0) is 26.4. The summed E-state index contributed by atoms with van der Waals surface area (Å²) >= 11 is 0. The third kappa shape index (κ3) is 4.48. The van der Waals surface area contributed by atoms with Gasteiger partial charge in [-0.3, -0.25) is 9.78 Å². The van der Waals surface area contributed by atoms with Gasteiger partial charge >= 0.3 is 0 Å². The van der Waals surface area contributed by atoms with Gasteiger partial charge in [-0.15, -0.1) is 0 Å². The van der Waals surface area contributed by atoms with Gasteiger partial charge in [-0.2, -0.15) is 0 Å². The van der Waals surface area contributed by atoms with Crippen LogP contribution in [-0.4, -0.2) is 41.4 Å². The monoisotopic (exact) mass is 516 g/mol. The van der Waals surface area contributed by atoms with Crippen molar-refractivity contribution >= 4 is 43.8 Å². The van der Waals surface area contributed by atoms with Gasteiger partial charge < -0.3 is 16.0 Å². The van der Waals surface area contributed by atoms with E-state index in [1.807, 2.05) is 43.0 Å². The summed E-state index contributed by atoms with van der Waals surface area (Å²) < 4.78 is 27.6. The number of nitrogens with two attached hydrogens (primary N) is 1. The fraction of sp³-hybridized carbons (Fsp3) is 0.259. The van der Waals surface area contributed by atoms with Gasteiger partial charge in [-0.25, -0.2) is 18.4 Å². The molecule has 9 nitrogen and oxygen atoms in total. The lowest BCUT2D eigenvalue weighted by Gasteiger charge is -2.33. The Morgan fingerprint density at radius 2 is 1.89 bits per heavy atom.